The molecule has 0 radical (unpaired) electrons. The molecule has 7 nitrogen and oxygen atoms in total. The van der Waals surface area contributed by atoms with Gasteiger partial charge in [-0.05, 0) is 38.5 Å². The first-order valence-corrected chi connectivity index (χ1v) is 10.6. The van der Waals surface area contributed by atoms with E-state index in [1.807, 2.05) is 6.07 Å². The normalized spacial score (nSPS) is 12.3. The molecule has 184 valence electrons. The summed E-state index contributed by atoms with van der Waals surface area (Å²) in [5.74, 6) is -0.376. The van der Waals surface area contributed by atoms with Crippen LogP contribution in [0.3, 0.4) is 0 Å². The number of hydrogen-bond acceptors (Lipinski definition) is 5. The molecule has 3 aromatic rings. The zero-order valence-electron chi connectivity index (χ0n) is 19.3. The van der Waals surface area contributed by atoms with E-state index in [1.54, 1.807) is 57.3 Å². The summed E-state index contributed by atoms with van der Waals surface area (Å²) in [6.45, 7) is 5.27. The number of nitrogens with zero attached hydrogens (tertiary/aromatic N) is 2. The minimum absolute atomic E-state index is 0.0304. The zero-order chi connectivity index (χ0) is 26.0. The molecule has 1 heterocycles. The number of hydrogen-bond donors (Lipinski definition) is 0. The number of carbonyl (C=O) groups excluding carboxylic acids is 2. The summed E-state index contributed by atoms with van der Waals surface area (Å²) >= 11 is 0. The van der Waals surface area contributed by atoms with Crippen LogP contribution in [0.4, 0.5) is 23.7 Å². The summed E-state index contributed by atoms with van der Waals surface area (Å²) in [6, 6.07) is 9.68. The molecule has 0 aliphatic carbocycles. The molecule has 0 saturated heterocycles. The molecular formula is C25H23F3N2O5. The average molecular weight is 488 g/mol. The largest absolute Gasteiger partial charge is 0.443 e. The van der Waals surface area contributed by atoms with Gasteiger partial charge in [0.15, 0.2) is 0 Å². The third-order valence-electron chi connectivity index (χ3n) is 4.94. The van der Waals surface area contributed by atoms with Gasteiger partial charge in [0.1, 0.15) is 16.9 Å². The number of nitro groups is 1. The number of fused-ring (bicyclic) bond motifs is 1. The van der Waals surface area contributed by atoms with E-state index in [2.05, 4.69) is 0 Å². The third kappa shape index (κ3) is 6.34. The van der Waals surface area contributed by atoms with Crippen LogP contribution < -0.4 is 0 Å². The lowest BCUT2D eigenvalue weighted by atomic mass is 10.0. The van der Waals surface area contributed by atoms with E-state index in [-0.39, 0.29) is 24.2 Å². The molecule has 0 bridgehead atoms. The molecule has 0 N–H and O–H groups in total. The Kier molecular flexibility index (Phi) is 7.14. The van der Waals surface area contributed by atoms with Gasteiger partial charge in [0.05, 0.1) is 10.4 Å². The van der Waals surface area contributed by atoms with Crippen LogP contribution in [-0.2, 0) is 22.1 Å². The van der Waals surface area contributed by atoms with Gasteiger partial charge in [-0.1, -0.05) is 36.4 Å². The third-order valence-corrected chi connectivity index (χ3v) is 4.94. The van der Waals surface area contributed by atoms with Crippen molar-refractivity contribution < 1.29 is 32.4 Å². The molecule has 2 aromatic carbocycles. The summed E-state index contributed by atoms with van der Waals surface area (Å²) in [7, 11) is 0. The number of allylic oxidation sites excluding steroid dienone is 1. The van der Waals surface area contributed by atoms with Crippen LogP contribution in [0.2, 0.25) is 0 Å². The monoisotopic (exact) mass is 488 g/mol. The summed E-state index contributed by atoms with van der Waals surface area (Å²) in [4.78, 5) is 34.7. The van der Waals surface area contributed by atoms with Gasteiger partial charge in [0, 0.05) is 36.1 Å². The quantitative estimate of drug-likeness (QED) is 0.289. The first kappa shape index (κ1) is 25.7. The predicted molar refractivity (Wildman–Crippen MR) is 124 cm³/mol. The molecule has 0 saturated carbocycles. The maximum Gasteiger partial charge on any atom is 0.423 e. The lowest BCUT2D eigenvalue weighted by molar-refractivity contribution is -0.388. The Morgan fingerprint density at radius 1 is 1.11 bits per heavy atom. The van der Waals surface area contributed by atoms with E-state index in [9.17, 15) is 32.9 Å². The Hall–Kier alpha value is -3.95. The summed E-state index contributed by atoms with van der Waals surface area (Å²) in [5, 5.41) is 11.6. The number of nitro benzene ring substituents is 1. The van der Waals surface area contributed by atoms with Crippen LogP contribution in [-0.4, -0.2) is 27.0 Å². The van der Waals surface area contributed by atoms with Crippen molar-refractivity contribution in [2.24, 2.45) is 0 Å². The second-order valence-electron chi connectivity index (χ2n) is 8.88. The van der Waals surface area contributed by atoms with Crippen molar-refractivity contribution in [2.45, 2.75) is 45.4 Å². The SMILES string of the molecule is CC(C)(C)OC(=O)n1cc(/C=C/CC(=O)Cc2ccc([N+](=O)[O-])c(C(F)(F)F)c2)c2ccccc21. The maximum absolute atomic E-state index is 13.2. The van der Waals surface area contributed by atoms with Crippen molar-refractivity contribution in [1.82, 2.24) is 4.57 Å². The van der Waals surface area contributed by atoms with E-state index in [1.165, 1.54) is 4.57 Å². The highest BCUT2D eigenvalue weighted by Crippen LogP contribution is 2.36. The highest BCUT2D eigenvalue weighted by Gasteiger charge is 2.38. The van der Waals surface area contributed by atoms with Gasteiger partial charge in [0.2, 0.25) is 0 Å². The lowest BCUT2D eigenvalue weighted by Crippen LogP contribution is -2.26. The van der Waals surface area contributed by atoms with Gasteiger partial charge >= 0.3 is 12.3 Å². The van der Waals surface area contributed by atoms with E-state index in [0.717, 1.165) is 17.5 Å². The van der Waals surface area contributed by atoms with Crippen molar-refractivity contribution in [1.29, 1.82) is 0 Å². The van der Waals surface area contributed by atoms with Crippen LogP contribution in [0.1, 0.15) is 43.9 Å². The minimum Gasteiger partial charge on any atom is -0.443 e. The fraction of sp³-hybridized carbons (Fsp3) is 0.280. The van der Waals surface area contributed by atoms with Gasteiger partial charge < -0.3 is 4.74 Å². The van der Waals surface area contributed by atoms with Crippen LogP contribution in [0.25, 0.3) is 17.0 Å². The fourth-order valence-electron chi connectivity index (χ4n) is 3.50. The summed E-state index contributed by atoms with van der Waals surface area (Å²) < 4.78 is 46.3. The van der Waals surface area contributed by atoms with Gasteiger partial charge in [0.25, 0.3) is 5.69 Å². The number of aromatic nitrogens is 1. The van der Waals surface area contributed by atoms with Crippen molar-refractivity contribution in [3.05, 3.63) is 81.5 Å². The Morgan fingerprint density at radius 2 is 1.80 bits per heavy atom. The van der Waals surface area contributed by atoms with Crippen LogP contribution in [0, 0.1) is 10.1 Å². The number of ketones is 1. The number of halogens is 3. The molecule has 0 fully saturated rings. The number of Topliss-reactive ketones (excluding diaryl/α,β-unsaturated/α-hetero) is 1. The molecule has 0 aliphatic heterocycles. The number of ether oxygens (including phenoxy) is 1. The Morgan fingerprint density at radius 3 is 2.43 bits per heavy atom. The molecule has 0 unspecified atom stereocenters. The average Bonchev–Trinajstić information content (AvgIpc) is 3.11. The second-order valence-corrected chi connectivity index (χ2v) is 8.88. The first-order valence-electron chi connectivity index (χ1n) is 10.6. The highest BCUT2D eigenvalue weighted by atomic mass is 19.4. The molecule has 0 aliphatic rings. The lowest BCUT2D eigenvalue weighted by Gasteiger charge is -2.19. The summed E-state index contributed by atoms with van der Waals surface area (Å²) in [5.41, 5.74) is -1.82. The molecular weight excluding hydrogens is 465 g/mol. The van der Waals surface area contributed by atoms with Crippen molar-refractivity contribution in [3.8, 4) is 0 Å². The number of carbonyl (C=O) groups is 2. The van der Waals surface area contributed by atoms with Crippen molar-refractivity contribution in [2.75, 3.05) is 0 Å². The second kappa shape index (κ2) is 9.73. The highest BCUT2D eigenvalue weighted by molar-refractivity contribution is 5.96. The Balaban J connectivity index is 1.77. The standard InChI is InChI=1S/C25H23F3N2O5/c1-24(2,3)35-23(32)29-15-17(19-9-4-5-10-21(19)29)7-6-8-18(31)13-16-11-12-22(30(33)34)20(14-16)25(26,27)28/h4-7,9-12,14-15H,8,13H2,1-3H3/b7-6+. The van der Waals surface area contributed by atoms with Crippen LogP contribution in [0.15, 0.2) is 54.7 Å². The van der Waals surface area contributed by atoms with E-state index < -0.39 is 34.0 Å². The number of alkyl halides is 3. The smallest absolute Gasteiger partial charge is 0.423 e. The number of para-hydroxylation sites is 1. The van der Waals surface area contributed by atoms with Crippen LogP contribution >= 0.6 is 0 Å². The molecule has 3 rings (SSSR count). The first-order chi connectivity index (χ1) is 16.3. The molecule has 0 amide bonds. The van der Waals surface area contributed by atoms with Gasteiger partial charge in [-0.3, -0.25) is 19.5 Å². The van der Waals surface area contributed by atoms with Gasteiger partial charge in [-0.2, -0.15) is 13.2 Å². The fourth-order valence-corrected chi connectivity index (χ4v) is 3.50. The van der Waals surface area contributed by atoms with E-state index in [4.69, 9.17) is 4.74 Å². The predicted octanol–water partition coefficient (Wildman–Crippen LogP) is 6.57. The zero-order valence-corrected chi connectivity index (χ0v) is 19.3. The van der Waals surface area contributed by atoms with Crippen molar-refractivity contribution >= 4 is 34.5 Å². The molecule has 10 heteroatoms. The Bertz CT molecular complexity index is 1320. The van der Waals surface area contributed by atoms with Crippen LogP contribution in [0.5, 0.6) is 0 Å². The minimum atomic E-state index is -4.91. The maximum atomic E-state index is 13.2. The number of rotatable bonds is 6. The molecule has 1 aromatic heterocycles. The van der Waals surface area contributed by atoms with E-state index >= 15 is 0 Å². The van der Waals surface area contributed by atoms with E-state index in [0.29, 0.717) is 17.1 Å². The van der Waals surface area contributed by atoms with Gasteiger partial charge in [-0.15, -0.1) is 0 Å². The van der Waals surface area contributed by atoms with Gasteiger partial charge in [-0.25, -0.2) is 4.79 Å². The Labute approximate surface area is 199 Å². The molecule has 0 atom stereocenters. The summed E-state index contributed by atoms with van der Waals surface area (Å²) in [6.07, 6.45) is -1.06. The molecule has 35 heavy (non-hydrogen) atoms. The van der Waals surface area contributed by atoms with Crippen molar-refractivity contribution in [3.63, 3.8) is 0 Å². The topological polar surface area (TPSA) is 91.4 Å². The molecule has 0 spiro atoms. The number of benzene rings is 2.